The molecule has 1 amide bonds. The Morgan fingerprint density at radius 3 is 2.22 bits per heavy atom. The van der Waals surface area contributed by atoms with Crippen molar-refractivity contribution in [2.75, 3.05) is 29.6 Å². The van der Waals surface area contributed by atoms with Gasteiger partial charge in [0.05, 0.1) is 15.4 Å². The fourth-order valence-electron chi connectivity index (χ4n) is 3.53. The second-order valence-electron chi connectivity index (χ2n) is 7.51. The van der Waals surface area contributed by atoms with E-state index in [1.807, 2.05) is 0 Å². The van der Waals surface area contributed by atoms with Crippen molar-refractivity contribution in [2.24, 2.45) is 5.92 Å². The van der Waals surface area contributed by atoms with Crippen LogP contribution in [-0.4, -0.2) is 38.6 Å². The Kier molecular flexibility index (Phi) is 6.44. The van der Waals surface area contributed by atoms with Crippen LogP contribution < -0.4 is 10.2 Å². The predicted octanol–water partition coefficient (Wildman–Crippen LogP) is 3.87. The minimum absolute atomic E-state index is 0.0817. The van der Waals surface area contributed by atoms with Crippen LogP contribution in [0.4, 0.5) is 30.2 Å². The Balaban J connectivity index is 1.66. The van der Waals surface area contributed by atoms with Gasteiger partial charge in [0, 0.05) is 37.0 Å². The van der Waals surface area contributed by atoms with Crippen molar-refractivity contribution in [3.8, 4) is 0 Å². The number of carbonyl (C=O) groups is 1. The first kappa shape index (κ1) is 23.5. The number of carbonyl (C=O) groups excluding carboxylic acids is 1. The number of sulfone groups is 1. The molecule has 12 heteroatoms. The van der Waals surface area contributed by atoms with Gasteiger partial charge in [0.15, 0.2) is 9.84 Å². The molecule has 8 nitrogen and oxygen atoms in total. The van der Waals surface area contributed by atoms with Gasteiger partial charge in [-0.2, -0.15) is 13.2 Å². The summed E-state index contributed by atoms with van der Waals surface area (Å²) < 4.78 is 61.7. The summed E-state index contributed by atoms with van der Waals surface area (Å²) in [4.78, 5) is 24.7. The second kappa shape index (κ2) is 8.77. The fraction of sp³-hybridized carbons (Fsp3) is 0.350. The average Bonchev–Trinajstić information content (AvgIpc) is 2.72. The quantitative estimate of drug-likeness (QED) is 0.524. The summed E-state index contributed by atoms with van der Waals surface area (Å²) in [7, 11) is -3.35. The van der Waals surface area contributed by atoms with E-state index in [1.54, 1.807) is 4.90 Å². The highest BCUT2D eigenvalue weighted by molar-refractivity contribution is 7.90. The second-order valence-corrected chi connectivity index (χ2v) is 9.52. The molecule has 0 saturated carbocycles. The number of rotatable bonds is 5. The summed E-state index contributed by atoms with van der Waals surface area (Å²) in [5.41, 5.74) is -1.21. The lowest BCUT2D eigenvalue weighted by Gasteiger charge is -2.32. The molecule has 1 aliphatic heterocycles. The zero-order valence-electron chi connectivity index (χ0n) is 16.9. The number of nitrogens with zero attached hydrogens (tertiary/aromatic N) is 2. The normalized spacial score (nSPS) is 15.4. The number of nitrogens with one attached hydrogen (secondary N) is 1. The lowest BCUT2D eigenvalue weighted by Crippen LogP contribution is -2.38. The molecule has 0 unspecified atom stereocenters. The maximum atomic E-state index is 12.9. The number of halogens is 3. The number of hydrogen-bond donors (Lipinski definition) is 1. The summed E-state index contributed by atoms with van der Waals surface area (Å²) in [6, 6.07) is 8.15. The van der Waals surface area contributed by atoms with Crippen LogP contribution in [0.1, 0.15) is 18.4 Å². The Bertz CT molecular complexity index is 1130. The van der Waals surface area contributed by atoms with Gasteiger partial charge in [-0.05, 0) is 49.2 Å². The largest absolute Gasteiger partial charge is 0.416 e. The molecule has 0 atom stereocenters. The summed E-state index contributed by atoms with van der Waals surface area (Å²) in [5, 5.41) is 14.0. The zero-order chi connectivity index (χ0) is 23.7. The molecular formula is C20H20F3N3O5S. The smallest absolute Gasteiger partial charge is 0.366 e. The molecule has 2 aromatic carbocycles. The maximum Gasteiger partial charge on any atom is 0.416 e. The van der Waals surface area contributed by atoms with E-state index in [2.05, 4.69) is 5.32 Å². The molecule has 1 saturated heterocycles. The minimum atomic E-state index is -4.69. The van der Waals surface area contributed by atoms with E-state index in [0.717, 1.165) is 18.4 Å². The average molecular weight is 471 g/mol. The molecule has 0 aliphatic carbocycles. The number of nitro benzene ring substituents is 1. The third kappa shape index (κ3) is 5.36. The number of amides is 1. The molecule has 0 spiro atoms. The number of nitro groups is 1. The number of alkyl halides is 3. The van der Waals surface area contributed by atoms with Crippen molar-refractivity contribution in [2.45, 2.75) is 23.9 Å². The van der Waals surface area contributed by atoms with Gasteiger partial charge in [0.25, 0.3) is 5.69 Å². The molecule has 172 valence electrons. The Morgan fingerprint density at radius 1 is 1.12 bits per heavy atom. The monoisotopic (exact) mass is 471 g/mol. The zero-order valence-corrected chi connectivity index (χ0v) is 17.7. The van der Waals surface area contributed by atoms with Crippen LogP contribution >= 0.6 is 0 Å². The van der Waals surface area contributed by atoms with Crippen molar-refractivity contribution < 1.29 is 31.3 Å². The molecule has 0 bridgehead atoms. The topological polar surface area (TPSA) is 110 Å². The summed E-state index contributed by atoms with van der Waals surface area (Å²) >= 11 is 0. The van der Waals surface area contributed by atoms with Crippen LogP contribution in [-0.2, 0) is 20.8 Å². The van der Waals surface area contributed by atoms with Crippen molar-refractivity contribution in [3.05, 3.63) is 58.1 Å². The van der Waals surface area contributed by atoms with Gasteiger partial charge in [0.2, 0.25) is 5.91 Å². The fourth-order valence-corrected chi connectivity index (χ4v) is 4.16. The van der Waals surface area contributed by atoms with Gasteiger partial charge in [-0.3, -0.25) is 14.9 Å². The number of piperidine rings is 1. The molecule has 1 aliphatic rings. The summed E-state index contributed by atoms with van der Waals surface area (Å²) in [6.45, 7) is 0.522. The standard InChI is InChI=1S/C20H20F3N3O5S/c1-32(30,31)16-5-3-15(4-6-16)24-19(27)13-8-10-25(11-9-13)17-7-2-14(20(21,22)23)12-18(17)26(28)29/h2-7,12-13H,8-11H2,1H3,(H,24,27). The molecule has 0 radical (unpaired) electrons. The van der Waals surface area contributed by atoms with E-state index in [-0.39, 0.29) is 29.6 Å². The third-order valence-corrected chi connectivity index (χ3v) is 6.38. The van der Waals surface area contributed by atoms with Crippen molar-refractivity contribution in [3.63, 3.8) is 0 Å². The van der Waals surface area contributed by atoms with Crippen molar-refractivity contribution in [1.82, 2.24) is 0 Å². The highest BCUT2D eigenvalue weighted by Crippen LogP contribution is 2.37. The van der Waals surface area contributed by atoms with E-state index >= 15 is 0 Å². The summed E-state index contributed by atoms with van der Waals surface area (Å²) in [6.07, 6.45) is -2.90. The Labute approximate surface area is 182 Å². The molecule has 32 heavy (non-hydrogen) atoms. The lowest BCUT2D eigenvalue weighted by molar-refractivity contribution is -0.384. The van der Waals surface area contributed by atoms with Crippen LogP contribution in [0.3, 0.4) is 0 Å². The van der Waals surface area contributed by atoms with Gasteiger partial charge >= 0.3 is 6.18 Å². The molecule has 0 aromatic heterocycles. The van der Waals surface area contributed by atoms with Crippen LogP contribution in [0.5, 0.6) is 0 Å². The Hall–Kier alpha value is -3.15. The SMILES string of the molecule is CS(=O)(=O)c1ccc(NC(=O)C2CCN(c3ccc(C(F)(F)F)cc3[N+](=O)[O-])CC2)cc1. The molecule has 3 rings (SSSR count). The highest BCUT2D eigenvalue weighted by Gasteiger charge is 2.35. The molecule has 2 aromatic rings. The van der Waals surface area contributed by atoms with Crippen molar-refractivity contribution in [1.29, 1.82) is 0 Å². The summed E-state index contributed by atoms with van der Waals surface area (Å²) in [5.74, 6) is -0.673. The van der Waals surface area contributed by atoms with Crippen LogP contribution in [0.25, 0.3) is 0 Å². The minimum Gasteiger partial charge on any atom is -0.366 e. The van der Waals surface area contributed by atoms with Gasteiger partial charge in [-0.15, -0.1) is 0 Å². The lowest BCUT2D eigenvalue weighted by atomic mass is 9.95. The first-order valence-electron chi connectivity index (χ1n) is 9.58. The molecular weight excluding hydrogens is 451 g/mol. The van der Waals surface area contributed by atoms with Gasteiger partial charge in [-0.25, -0.2) is 8.42 Å². The van der Waals surface area contributed by atoms with E-state index in [1.165, 1.54) is 24.3 Å². The first-order chi connectivity index (χ1) is 14.9. The number of hydrogen-bond acceptors (Lipinski definition) is 6. The van der Waals surface area contributed by atoms with E-state index in [0.29, 0.717) is 24.6 Å². The Morgan fingerprint density at radius 2 is 1.72 bits per heavy atom. The highest BCUT2D eigenvalue weighted by atomic mass is 32.2. The van der Waals surface area contributed by atoms with Crippen molar-refractivity contribution >= 4 is 32.8 Å². The molecule has 1 fully saturated rings. The van der Waals surface area contributed by atoms with Crippen LogP contribution in [0.15, 0.2) is 47.4 Å². The first-order valence-corrected chi connectivity index (χ1v) is 11.5. The van der Waals surface area contributed by atoms with E-state index in [4.69, 9.17) is 0 Å². The predicted molar refractivity (Wildman–Crippen MR) is 111 cm³/mol. The third-order valence-electron chi connectivity index (χ3n) is 5.26. The van der Waals surface area contributed by atoms with E-state index < -0.39 is 38.1 Å². The molecule has 1 heterocycles. The number of benzene rings is 2. The molecule has 1 N–H and O–H groups in total. The van der Waals surface area contributed by atoms with Crippen LogP contribution in [0.2, 0.25) is 0 Å². The number of anilines is 2. The van der Waals surface area contributed by atoms with Crippen LogP contribution in [0, 0.1) is 16.0 Å². The van der Waals surface area contributed by atoms with Gasteiger partial charge < -0.3 is 10.2 Å². The maximum absolute atomic E-state index is 12.9. The van der Waals surface area contributed by atoms with Gasteiger partial charge in [0.1, 0.15) is 5.69 Å². The van der Waals surface area contributed by atoms with Gasteiger partial charge in [-0.1, -0.05) is 0 Å². The van der Waals surface area contributed by atoms with E-state index in [9.17, 15) is 36.5 Å².